The van der Waals surface area contributed by atoms with Gasteiger partial charge in [0.1, 0.15) is 0 Å². The summed E-state index contributed by atoms with van der Waals surface area (Å²) < 4.78 is 7.11. The molecule has 0 bridgehead atoms. The zero-order valence-electron chi connectivity index (χ0n) is 10.8. The number of hydrogen-bond donors (Lipinski definition) is 1. The molecule has 3 heteroatoms. The van der Waals surface area contributed by atoms with Gasteiger partial charge in [0.05, 0.1) is 12.7 Å². The second-order valence-electron chi connectivity index (χ2n) is 5.12. The van der Waals surface area contributed by atoms with Gasteiger partial charge in [0.15, 0.2) is 0 Å². The van der Waals surface area contributed by atoms with Crippen LogP contribution < -0.4 is 5.73 Å². The zero-order chi connectivity index (χ0) is 12.8. The van der Waals surface area contributed by atoms with Crippen LogP contribution in [0.3, 0.4) is 0 Å². The van der Waals surface area contributed by atoms with E-state index in [1.807, 2.05) is 12.1 Å². The first-order valence-electron chi connectivity index (χ1n) is 6.86. The second-order valence-corrected chi connectivity index (χ2v) is 6.03. The fraction of sp³-hybridized carbons (Fsp3) is 0.600. The van der Waals surface area contributed by atoms with Gasteiger partial charge >= 0.3 is 0 Å². The Morgan fingerprint density at radius 1 is 1.28 bits per heavy atom. The van der Waals surface area contributed by atoms with Gasteiger partial charge in [0, 0.05) is 11.0 Å². The third kappa shape index (κ3) is 4.08. The Balaban J connectivity index is 1.88. The maximum absolute atomic E-state index is 6.03. The van der Waals surface area contributed by atoms with Gasteiger partial charge in [-0.1, -0.05) is 47.3 Å². The standard InChI is InChI=1S/C15H22BrNO/c16-14-8-4-7-13(9-14)15(10-17)18-11-12-5-2-1-3-6-12/h4,7-9,12,15H,1-3,5-6,10-11,17H2. The van der Waals surface area contributed by atoms with Gasteiger partial charge in [-0.05, 0) is 36.5 Å². The lowest BCUT2D eigenvalue weighted by Gasteiger charge is -2.24. The van der Waals surface area contributed by atoms with E-state index in [-0.39, 0.29) is 6.10 Å². The summed E-state index contributed by atoms with van der Waals surface area (Å²) >= 11 is 3.49. The predicted octanol–water partition coefficient (Wildman–Crippen LogP) is 4.05. The molecule has 2 nitrogen and oxygen atoms in total. The van der Waals surface area contributed by atoms with Crippen LogP contribution in [0, 0.1) is 5.92 Å². The van der Waals surface area contributed by atoms with Crippen LogP contribution in [0.2, 0.25) is 0 Å². The highest BCUT2D eigenvalue weighted by Crippen LogP contribution is 2.26. The molecular weight excluding hydrogens is 290 g/mol. The molecule has 2 N–H and O–H groups in total. The largest absolute Gasteiger partial charge is 0.372 e. The Labute approximate surface area is 118 Å². The van der Waals surface area contributed by atoms with Gasteiger partial charge in [-0.2, -0.15) is 0 Å². The molecule has 18 heavy (non-hydrogen) atoms. The van der Waals surface area contributed by atoms with E-state index in [9.17, 15) is 0 Å². The average Bonchev–Trinajstić information content (AvgIpc) is 2.41. The summed E-state index contributed by atoms with van der Waals surface area (Å²) in [6.07, 6.45) is 6.77. The minimum Gasteiger partial charge on any atom is -0.372 e. The molecule has 1 aliphatic rings. The van der Waals surface area contributed by atoms with Crippen molar-refractivity contribution in [1.29, 1.82) is 0 Å². The van der Waals surface area contributed by atoms with Crippen molar-refractivity contribution in [3.05, 3.63) is 34.3 Å². The summed E-state index contributed by atoms with van der Waals surface area (Å²) in [4.78, 5) is 0. The fourth-order valence-corrected chi connectivity index (χ4v) is 3.03. The molecule has 1 aromatic rings. The number of nitrogens with two attached hydrogens (primary N) is 1. The molecule has 0 spiro atoms. The molecule has 0 amide bonds. The molecule has 0 saturated heterocycles. The predicted molar refractivity (Wildman–Crippen MR) is 78.5 cm³/mol. The molecule has 1 fully saturated rings. The van der Waals surface area contributed by atoms with Crippen molar-refractivity contribution in [3.8, 4) is 0 Å². The minimum absolute atomic E-state index is 0.0319. The molecule has 0 aromatic heterocycles. The van der Waals surface area contributed by atoms with E-state index in [0.717, 1.165) is 17.0 Å². The quantitative estimate of drug-likeness (QED) is 0.890. The van der Waals surface area contributed by atoms with Crippen molar-refractivity contribution >= 4 is 15.9 Å². The van der Waals surface area contributed by atoms with E-state index < -0.39 is 0 Å². The van der Waals surface area contributed by atoms with Crippen molar-refractivity contribution < 1.29 is 4.74 Å². The number of rotatable bonds is 5. The lowest BCUT2D eigenvalue weighted by Crippen LogP contribution is -2.21. The van der Waals surface area contributed by atoms with Crippen LogP contribution in [0.4, 0.5) is 0 Å². The van der Waals surface area contributed by atoms with E-state index in [1.165, 1.54) is 37.7 Å². The van der Waals surface area contributed by atoms with Crippen LogP contribution in [0.1, 0.15) is 43.8 Å². The summed E-state index contributed by atoms with van der Waals surface area (Å²) in [5.41, 5.74) is 7.00. The summed E-state index contributed by atoms with van der Waals surface area (Å²) in [6.45, 7) is 1.40. The van der Waals surface area contributed by atoms with Gasteiger partial charge in [0.2, 0.25) is 0 Å². The number of benzene rings is 1. The second kappa shape index (κ2) is 7.27. The Hall–Kier alpha value is -0.380. The van der Waals surface area contributed by atoms with Crippen LogP contribution in [0.15, 0.2) is 28.7 Å². The Morgan fingerprint density at radius 3 is 2.72 bits per heavy atom. The van der Waals surface area contributed by atoms with E-state index in [1.54, 1.807) is 0 Å². The molecule has 1 unspecified atom stereocenters. The Kier molecular flexibility index (Phi) is 5.67. The third-order valence-corrected chi connectivity index (χ3v) is 4.19. The SMILES string of the molecule is NCC(OCC1CCCCC1)c1cccc(Br)c1. The van der Waals surface area contributed by atoms with Crippen molar-refractivity contribution in [2.24, 2.45) is 11.7 Å². The van der Waals surface area contributed by atoms with Crippen LogP contribution >= 0.6 is 15.9 Å². The van der Waals surface area contributed by atoms with Gasteiger partial charge in [0.25, 0.3) is 0 Å². The first-order chi connectivity index (χ1) is 8.79. The Bertz CT molecular complexity index is 363. The average molecular weight is 312 g/mol. The van der Waals surface area contributed by atoms with Crippen LogP contribution in [0.25, 0.3) is 0 Å². The highest BCUT2D eigenvalue weighted by atomic mass is 79.9. The lowest BCUT2D eigenvalue weighted by molar-refractivity contribution is 0.0246. The molecule has 0 radical (unpaired) electrons. The monoisotopic (exact) mass is 311 g/mol. The third-order valence-electron chi connectivity index (χ3n) is 3.69. The topological polar surface area (TPSA) is 35.2 Å². The first kappa shape index (κ1) is 14.0. The Morgan fingerprint density at radius 2 is 2.06 bits per heavy atom. The number of ether oxygens (including phenoxy) is 1. The van der Waals surface area contributed by atoms with Crippen LogP contribution in [-0.2, 0) is 4.74 Å². The summed E-state index contributed by atoms with van der Waals surface area (Å²) in [7, 11) is 0. The summed E-state index contributed by atoms with van der Waals surface area (Å²) in [5.74, 6) is 0.736. The lowest BCUT2D eigenvalue weighted by atomic mass is 9.90. The van der Waals surface area contributed by atoms with Crippen molar-refractivity contribution in [2.75, 3.05) is 13.2 Å². The molecule has 100 valence electrons. The highest BCUT2D eigenvalue weighted by molar-refractivity contribution is 9.10. The van der Waals surface area contributed by atoms with Crippen LogP contribution in [-0.4, -0.2) is 13.2 Å². The fourth-order valence-electron chi connectivity index (χ4n) is 2.61. The molecule has 0 aliphatic heterocycles. The number of halogens is 1. The molecule has 1 atom stereocenters. The molecule has 1 aromatic carbocycles. The molecule has 1 saturated carbocycles. The molecule has 2 rings (SSSR count). The molecular formula is C15H22BrNO. The highest BCUT2D eigenvalue weighted by Gasteiger charge is 2.17. The maximum Gasteiger partial charge on any atom is 0.0947 e. The molecule has 1 aliphatic carbocycles. The normalized spacial score (nSPS) is 18.8. The zero-order valence-corrected chi connectivity index (χ0v) is 12.4. The maximum atomic E-state index is 6.03. The van der Waals surface area contributed by atoms with Crippen molar-refractivity contribution in [2.45, 2.75) is 38.2 Å². The number of hydrogen-bond acceptors (Lipinski definition) is 2. The first-order valence-corrected chi connectivity index (χ1v) is 7.66. The van der Waals surface area contributed by atoms with Crippen molar-refractivity contribution in [3.63, 3.8) is 0 Å². The van der Waals surface area contributed by atoms with E-state index >= 15 is 0 Å². The summed E-state index contributed by atoms with van der Waals surface area (Å²) in [5, 5.41) is 0. The summed E-state index contributed by atoms with van der Waals surface area (Å²) in [6, 6.07) is 8.24. The van der Waals surface area contributed by atoms with E-state index in [4.69, 9.17) is 10.5 Å². The minimum atomic E-state index is 0.0319. The van der Waals surface area contributed by atoms with Gasteiger partial charge < -0.3 is 10.5 Å². The van der Waals surface area contributed by atoms with Gasteiger partial charge in [-0.3, -0.25) is 0 Å². The smallest absolute Gasteiger partial charge is 0.0947 e. The van der Waals surface area contributed by atoms with Gasteiger partial charge in [-0.25, -0.2) is 0 Å². The van der Waals surface area contributed by atoms with E-state index in [0.29, 0.717) is 6.54 Å². The van der Waals surface area contributed by atoms with Gasteiger partial charge in [-0.15, -0.1) is 0 Å². The van der Waals surface area contributed by atoms with Crippen molar-refractivity contribution in [1.82, 2.24) is 0 Å². The van der Waals surface area contributed by atoms with E-state index in [2.05, 4.69) is 28.1 Å². The molecule has 0 heterocycles. The van der Waals surface area contributed by atoms with Crippen LogP contribution in [0.5, 0.6) is 0 Å².